The normalized spacial score (nSPS) is 13.7. The second-order valence-electron chi connectivity index (χ2n) is 5.91. The molecule has 6 heteroatoms. The third kappa shape index (κ3) is 3.03. The van der Waals surface area contributed by atoms with Crippen LogP contribution in [0.15, 0.2) is 47.3 Å². The molecular weight excluding hydrogens is 304 g/mol. The molecular formula is C18H16N4O2. The van der Waals surface area contributed by atoms with Crippen LogP contribution in [0, 0.1) is 6.92 Å². The fourth-order valence-corrected chi connectivity index (χ4v) is 2.36. The van der Waals surface area contributed by atoms with Crippen LogP contribution in [0.3, 0.4) is 0 Å². The van der Waals surface area contributed by atoms with E-state index >= 15 is 0 Å². The lowest BCUT2D eigenvalue weighted by Crippen LogP contribution is -2.14. The van der Waals surface area contributed by atoms with Gasteiger partial charge in [-0.3, -0.25) is 9.78 Å². The van der Waals surface area contributed by atoms with E-state index in [4.69, 9.17) is 4.42 Å². The molecule has 1 aliphatic rings. The maximum atomic E-state index is 12.1. The van der Waals surface area contributed by atoms with Crippen LogP contribution in [0.5, 0.6) is 0 Å². The van der Waals surface area contributed by atoms with Crippen LogP contribution in [0.2, 0.25) is 0 Å². The molecule has 0 spiro atoms. The first-order valence-electron chi connectivity index (χ1n) is 7.85. The summed E-state index contributed by atoms with van der Waals surface area (Å²) in [5.41, 5.74) is 2.68. The van der Waals surface area contributed by atoms with Gasteiger partial charge in [0.2, 0.25) is 0 Å². The number of rotatable bonds is 4. The number of benzene rings is 1. The van der Waals surface area contributed by atoms with Gasteiger partial charge < -0.3 is 9.73 Å². The van der Waals surface area contributed by atoms with E-state index in [0.717, 1.165) is 35.7 Å². The molecule has 2 aromatic heterocycles. The molecule has 0 bridgehead atoms. The summed E-state index contributed by atoms with van der Waals surface area (Å²) in [5.74, 6) is 1.78. The predicted molar refractivity (Wildman–Crippen MR) is 88.6 cm³/mol. The van der Waals surface area contributed by atoms with E-state index in [1.54, 1.807) is 12.4 Å². The molecule has 1 aliphatic carbocycles. The van der Waals surface area contributed by atoms with E-state index in [1.807, 2.05) is 31.2 Å². The lowest BCUT2D eigenvalue weighted by atomic mass is 10.1. The second kappa shape index (κ2) is 5.88. The summed E-state index contributed by atoms with van der Waals surface area (Å²) in [4.78, 5) is 24.6. The Kier molecular flexibility index (Phi) is 3.57. The highest BCUT2D eigenvalue weighted by Crippen LogP contribution is 2.40. The minimum Gasteiger partial charge on any atom is -0.440 e. The van der Waals surface area contributed by atoms with E-state index in [0.29, 0.717) is 11.6 Å². The van der Waals surface area contributed by atoms with Crippen LogP contribution in [-0.4, -0.2) is 20.9 Å². The number of hydrogen-bond donors (Lipinski definition) is 1. The molecule has 0 saturated heterocycles. The van der Waals surface area contributed by atoms with Gasteiger partial charge in [-0.2, -0.15) is 0 Å². The van der Waals surface area contributed by atoms with Crippen molar-refractivity contribution in [1.82, 2.24) is 15.0 Å². The number of amides is 1. The monoisotopic (exact) mass is 320 g/mol. The van der Waals surface area contributed by atoms with Gasteiger partial charge in [0.25, 0.3) is 5.91 Å². The van der Waals surface area contributed by atoms with Crippen molar-refractivity contribution in [1.29, 1.82) is 0 Å². The van der Waals surface area contributed by atoms with Gasteiger partial charge >= 0.3 is 0 Å². The number of aromatic nitrogens is 3. The van der Waals surface area contributed by atoms with E-state index in [2.05, 4.69) is 20.3 Å². The highest BCUT2D eigenvalue weighted by molar-refractivity contribution is 6.02. The Morgan fingerprint density at radius 1 is 1.08 bits per heavy atom. The van der Waals surface area contributed by atoms with E-state index in [1.165, 1.54) is 6.20 Å². The molecule has 0 radical (unpaired) electrons. The van der Waals surface area contributed by atoms with E-state index < -0.39 is 0 Å². The van der Waals surface area contributed by atoms with Crippen LogP contribution in [0.1, 0.15) is 40.8 Å². The Balaban J connectivity index is 1.46. The Hall–Kier alpha value is -3.02. The third-order valence-electron chi connectivity index (χ3n) is 3.89. The van der Waals surface area contributed by atoms with Gasteiger partial charge in [0.05, 0.1) is 18.1 Å². The van der Waals surface area contributed by atoms with Crippen molar-refractivity contribution >= 4 is 11.6 Å². The lowest BCUT2D eigenvalue weighted by molar-refractivity contribution is 0.102. The number of hydrogen-bond acceptors (Lipinski definition) is 5. The first-order valence-corrected chi connectivity index (χ1v) is 7.85. The molecule has 1 aromatic carbocycles. The molecule has 4 rings (SSSR count). The van der Waals surface area contributed by atoms with Crippen LogP contribution in [-0.2, 0) is 0 Å². The number of nitrogens with zero attached hydrogens (tertiary/aromatic N) is 3. The van der Waals surface area contributed by atoms with Crippen LogP contribution in [0.25, 0.3) is 11.3 Å². The number of aryl methyl sites for hydroxylation is 1. The topological polar surface area (TPSA) is 80.9 Å². The van der Waals surface area contributed by atoms with Gasteiger partial charge in [0.15, 0.2) is 11.7 Å². The largest absolute Gasteiger partial charge is 0.440 e. The van der Waals surface area contributed by atoms with Gasteiger partial charge in [0, 0.05) is 23.4 Å². The Morgan fingerprint density at radius 2 is 1.88 bits per heavy atom. The molecule has 1 amide bonds. The molecule has 0 atom stereocenters. The smallest absolute Gasteiger partial charge is 0.275 e. The maximum Gasteiger partial charge on any atom is 0.275 e. The summed E-state index contributed by atoms with van der Waals surface area (Å²) in [5, 5.41) is 2.80. The summed E-state index contributed by atoms with van der Waals surface area (Å²) in [6, 6.07) is 7.45. The number of carbonyl (C=O) groups excluding carboxylic acids is 1. The van der Waals surface area contributed by atoms with Crippen molar-refractivity contribution in [2.75, 3.05) is 5.32 Å². The summed E-state index contributed by atoms with van der Waals surface area (Å²) in [7, 11) is 0. The zero-order chi connectivity index (χ0) is 16.5. The van der Waals surface area contributed by atoms with Crippen molar-refractivity contribution in [3.05, 3.63) is 60.1 Å². The molecule has 1 N–H and O–H groups in total. The van der Waals surface area contributed by atoms with Crippen molar-refractivity contribution < 1.29 is 9.21 Å². The van der Waals surface area contributed by atoms with Crippen LogP contribution < -0.4 is 5.32 Å². The fraction of sp³-hybridized carbons (Fsp3) is 0.222. The fourth-order valence-electron chi connectivity index (χ4n) is 2.36. The highest BCUT2D eigenvalue weighted by atomic mass is 16.4. The molecule has 0 aliphatic heterocycles. The zero-order valence-electron chi connectivity index (χ0n) is 13.2. The van der Waals surface area contributed by atoms with Crippen molar-refractivity contribution in [3.8, 4) is 11.3 Å². The summed E-state index contributed by atoms with van der Waals surface area (Å²) in [6.07, 6.45) is 7.11. The minimum absolute atomic E-state index is 0.286. The number of carbonyl (C=O) groups is 1. The molecule has 2 heterocycles. The Bertz CT molecular complexity index is 865. The second-order valence-corrected chi connectivity index (χ2v) is 5.91. The number of anilines is 1. The van der Waals surface area contributed by atoms with E-state index in [9.17, 15) is 4.79 Å². The SMILES string of the molecule is Cc1cnc(C(=O)Nc2ccc(-c3cnc(C4CC4)o3)cc2)cn1. The summed E-state index contributed by atoms with van der Waals surface area (Å²) in [6.45, 7) is 1.82. The molecule has 120 valence electrons. The zero-order valence-corrected chi connectivity index (χ0v) is 13.2. The molecule has 1 saturated carbocycles. The maximum absolute atomic E-state index is 12.1. The Labute approximate surface area is 139 Å². The number of nitrogens with one attached hydrogen (secondary N) is 1. The van der Waals surface area contributed by atoms with Crippen molar-refractivity contribution in [3.63, 3.8) is 0 Å². The summed E-state index contributed by atoms with van der Waals surface area (Å²) < 4.78 is 5.78. The van der Waals surface area contributed by atoms with Crippen molar-refractivity contribution in [2.45, 2.75) is 25.7 Å². The van der Waals surface area contributed by atoms with Crippen LogP contribution in [0.4, 0.5) is 5.69 Å². The predicted octanol–water partition coefficient (Wildman–Crippen LogP) is 3.57. The van der Waals surface area contributed by atoms with Gasteiger partial charge in [-0.25, -0.2) is 9.97 Å². The van der Waals surface area contributed by atoms with Gasteiger partial charge in [-0.05, 0) is 44.0 Å². The van der Waals surface area contributed by atoms with Crippen LogP contribution >= 0.6 is 0 Å². The van der Waals surface area contributed by atoms with Gasteiger partial charge in [-0.15, -0.1) is 0 Å². The van der Waals surface area contributed by atoms with Gasteiger partial charge in [-0.1, -0.05) is 0 Å². The average molecular weight is 320 g/mol. The highest BCUT2D eigenvalue weighted by Gasteiger charge is 2.28. The standard InChI is InChI=1S/C18H16N4O2/c1-11-8-20-15(9-19-11)17(23)22-14-6-4-12(5-7-14)16-10-21-18(24-16)13-2-3-13/h4-10,13H,2-3H2,1H3,(H,22,23). The summed E-state index contributed by atoms with van der Waals surface area (Å²) >= 11 is 0. The average Bonchev–Trinajstić information content (AvgIpc) is 3.33. The molecule has 3 aromatic rings. The molecule has 6 nitrogen and oxygen atoms in total. The first-order chi connectivity index (χ1) is 11.7. The minimum atomic E-state index is -0.286. The quantitative estimate of drug-likeness (QED) is 0.795. The van der Waals surface area contributed by atoms with E-state index in [-0.39, 0.29) is 11.6 Å². The molecule has 0 unspecified atom stereocenters. The molecule has 24 heavy (non-hydrogen) atoms. The Morgan fingerprint density at radius 3 is 2.54 bits per heavy atom. The molecule has 1 fully saturated rings. The van der Waals surface area contributed by atoms with Gasteiger partial charge in [0.1, 0.15) is 5.69 Å². The first kappa shape index (κ1) is 14.6. The number of oxazole rings is 1. The third-order valence-corrected chi connectivity index (χ3v) is 3.89. The van der Waals surface area contributed by atoms with Crippen molar-refractivity contribution in [2.24, 2.45) is 0 Å². The lowest BCUT2D eigenvalue weighted by Gasteiger charge is -2.05.